The number of carboxylic acid groups (broad SMARTS) is 1. The van der Waals surface area contributed by atoms with E-state index < -0.39 is 18.0 Å². The SMILES string of the molecule is CCOC(=O)Cc1cnnn1C(C)C(=O)O. The predicted octanol–water partition coefficient (Wildman–Crippen LogP) is 0.0293. The van der Waals surface area contributed by atoms with Gasteiger partial charge in [-0.2, -0.15) is 0 Å². The van der Waals surface area contributed by atoms with Crippen molar-refractivity contribution in [2.45, 2.75) is 26.3 Å². The number of carbonyl (C=O) groups excluding carboxylic acids is 1. The molecule has 1 heterocycles. The number of esters is 1. The van der Waals surface area contributed by atoms with E-state index in [1.165, 1.54) is 17.8 Å². The van der Waals surface area contributed by atoms with Crippen molar-refractivity contribution in [3.05, 3.63) is 11.9 Å². The summed E-state index contributed by atoms with van der Waals surface area (Å²) in [6.07, 6.45) is 1.33. The van der Waals surface area contributed by atoms with E-state index in [1.807, 2.05) is 0 Å². The van der Waals surface area contributed by atoms with Crippen molar-refractivity contribution in [2.24, 2.45) is 0 Å². The van der Waals surface area contributed by atoms with Crippen molar-refractivity contribution < 1.29 is 19.4 Å². The molecular formula is C9H13N3O4. The maximum absolute atomic E-state index is 11.2. The van der Waals surface area contributed by atoms with Crippen LogP contribution in [0, 0.1) is 0 Å². The number of hydrogen-bond acceptors (Lipinski definition) is 5. The summed E-state index contributed by atoms with van der Waals surface area (Å²) in [5.41, 5.74) is 0.424. The van der Waals surface area contributed by atoms with Crippen LogP contribution in [-0.2, 0) is 20.7 Å². The van der Waals surface area contributed by atoms with Crippen LogP contribution in [0.4, 0.5) is 0 Å². The maximum Gasteiger partial charge on any atom is 0.328 e. The molecular weight excluding hydrogens is 214 g/mol. The van der Waals surface area contributed by atoms with Gasteiger partial charge in [0.25, 0.3) is 0 Å². The van der Waals surface area contributed by atoms with Crippen LogP contribution in [0.25, 0.3) is 0 Å². The lowest BCUT2D eigenvalue weighted by molar-refractivity contribution is -0.143. The van der Waals surface area contributed by atoms with Crippen molar-refractivity contribution in [1.29, 1.82) is 0 Å². The molecule has 0 amide bonds. The summed E-state index contributed by atoms with van der Waals surface area (Å²) in [5.74, 6) is -1.46. The average Bonchev–Trinajstić information content (AvgIpc) is 2.64. The molecule has 1 aromatic heterocycles. The monoisotopic (exact) mass is 227 g/mol. The molecule has 1 rings (SSSR count). The van der Waals surface area contributed by atoms with Gasteiger partial charge in [-0.05, 0) is 13.8 Å². The molecule has 0 saturated heterocycles. The summed E-state index contributed by atoms with van der Waals surface area (Å²) in [5, 5.41) is 16.0. The van der Waals surface area contributed by atoms with E-state index in [0.717, 1.165) is 0 Å². The first-order chi connectivity index (χ1) is 7.56. The first-order valence-corrected chi connectivity index (χ1v) is 4.83. The third-order valence-electron chi connectivity index (χ3n) is 2.00. The van der Waals surface area contributed by atoms with E-state index in [-0.39, 0.29) is 13.0 Å². The molecule has 0 aliphatic rings. The Kier molecular flexibility index (Phi) is 3.98. The highest BCUT2D eigenvalue weighted by Crippen LogP contribution is 2.08. The van der Waals surface area contributed by atoms with Crippen LogP contribution in [0.5, 0.6) is 0 Å². The number of aromatic nitrogens is 3. The fourth-order valence-corrected chi connectivity index (χ4v) is 1.18. The highest BCUT2D eigenvalue weighted by molar-refractivity contribution is 5.73. The van der Waals surface area contributed by atoms with Crippen molar-refractivity contribution in [3.8, 4) is 0 Å². The first kappa shape index (κ1) is 12.2. The van der Waals surface area contributed by atoms with Crippen molar-refractivity contribution in [1.82, 2.24) is 15.0 Å². The average molecular weight is 227 g/mol. The van der Waals surface area contributed by atoms with Gasteiger partial charge in [-0.15, -0.1) is 5.10 Å². The highest BCUT2D eigenvalue weighted by atomic mass is 16.5. The highest BCUT2D eigenvalue weighted by Gasteiger charge is 2.19. The van der Waals surface area contributed by atoms with Gasteiger partial charge in [0, 0.05) is 0 Å². The smallest absolute Gasteiger partial charge is 0.328 e. The van der Waals surface area contributed by atoms with Crippen LogP contribution in [0.15, 0.2) is 6.20 Å². The number of nitrogens with zero attached hydrogens (tertiary/aromatic N) is 3. The molecule has 7 heteroatoms. The number of carboxylic acids is 1. The van der Waals surface area contributed by atoms with Crippen LogP contribution in [0.3, 0.4) is 0 Å². The second kappa shape index (κ2) is 5.24. The zero-order valence-electron chi connectivity index (χ0n) is 9.08. The zero-order chi connectivity index (χ0) is 12.1. The van der Waals surface area contributed by atoms with Gasteiger partial charge in [0.15, 0.2) is 0 Å². The summed E-state index contributed by atoms with van der Waals surface area (Å²) in [6.45, 7) is 3.45. The predicted molar refractivity (Wildman–Crippen MR) is 52.7 cm³/mol. The largest absolute Gasteiger partial charge is 0.480 e. The molecule has 1 N–H and O–H groups in total. The minimum absolute atomic E-state index is 0.0293. The van der Waals surface area contributed by atoms with Gasteiger partial charge in [-0.1, -0.05) is 5.21 Å². The summed E-state index contributed by atoms with van der Waals surface area (Å²) in [7, 11) is 0. The molecule has 0 aromatic carbocycles. The normalized spacial score (nSPS) is 12.1. The molecule has 1 unspecified atom stereocenters. The van der Waals surface area contributed by atoms with Crippen LogP contribution in [0.2, 0.25) is 0 Å². The van der Waals surface area contributed by atoms with Crippen molar-refractivity contribution in [2.75, 3.05) is 6.61 Å². The Bertz CT molecular complexity index is 388. The number of rotatable bonds is 5. The lowest BCUT2D eigenvalue weighted by atomic mass is 10.3. The Morgan fingerprint density at radius 2 is 2.31 bits per heavy atom. The quantitative estimate of drug-likeness (QED) is 0.713. The van der Waals surface area contributed by atoms with E-state index in [1.54, 1.807) is 6.92 Å². The third-order valence-corrected chi connectivity index (χ3v) is 2.00. The molecule has 7 nitrogen and oxygen atoms in total. The number of carbonyl (C=O) groups is 2. The Balaban J connectivity index is 2.78. The molecule has 0 spiro atoms. The summed E-state index contributed by atoms with van der Waals surface area (Å²) < 4.78 is 5.95. The maximum atomic E-state index is 11.2. The van der Waals surface area contributed by atoms with E-state index >= 15 is 0 Å². The summed E-state index contributed by atoms with van der Waals surface area (Å²) in [6, 6.07) is -0.855. The Hall–Kier alpha value is -1.92. The third kappa shape index (κ3) is 2.78. The standard InChI is InChI=1S/C9H13N3O4/c1-3-16-8(13)4-7-5-10-11-12(7)6(2)9(14)15/h5-6H,3-4H2,1-2H3,(H,14,15). The second-order valence-corrected chi connectivity index (χ2v) is 3.17. The molecule has 88 valence electrons. The number of aliphatic carboxylic acids is 1. The van der Waals surface area contributed by atoms with Crippen LogP contribution in [-0.4, -0.2) is 38.6 Å². The number of hydrogen-bond donors (Lipinski definition) is 1. The topological polar surface area (TPSA) is 94.3 Å². The van der Waals surface area contributed by atoms with E-state index in [2.05, 4.69) is 10.3 Å². The van der Waals surface area contributed by atoms with Gasteiger partial charge < -0.3 is 9.84 Å². The molecule has 0 saturated carbocycles. The minimum Gasteiger partial charge on any atom is -0.480 e. The Morgan fingerprint density at radius 3 is 2.88 bits per heavy atom. The molecule has 1 aromatic rings. The van der Waals surface area contributed by atoms with Gasteiger partial charge in [-0.25, -0.2) is 9.48 Å². The van der Waals surface area contributed by atoms with Crippen LogP contribution >= 0.6 is 0 Å². The molecule has 16 heavy (non-hydrogen) atoms. The van der Waals surface area contributed by atoms with Crippen LogP contribution < -0.4 is 0 Å². The fraction of sp³-hybridized carbons (Fsp3) is 0.556. The lowest BCUT2D eigenvalue weighted by Crippen LogP contribution is -2.21. The lowest BCUT2D eigenvalue weighted by Gasteiger charge is -2.09. The Morgan fingerprint density at radius 1 is 1.62 bits per heavy atom. The van der Waals surface area contributed by atoms with Gasteiger partial charge >= 0.3 is 11.9 Å². The molecule has 0 radical (unpaired) electrons. The minimum atomic E-state index is -1.03. The summed E-state index contributed by atoms with van der Waals surface area (Å²) in [4.78, 5) is 22.0. The molecule has 0 aliphatic carbocycles. The van der Waals surface area contributed by atoms with E-state index in [9.17, 15) is 9.59 Å². The molecule has 0 bridgehead atoms. The van der Waals surface area contributed by atoms with Crippen molar-refractivity contribution in [3.63, 3.8) is 0 Å². The van der Waals surface area contributed by atoms with Crippen LogP contribution in [0.1, 0.15) is 25.6 Å². The fourth-order valence-electron chi connectivity index (χ4n) is 1.18. The van der Waals surface area contributed by atoms with E-state index in [0.29, 0.717) is 5.69 Å². The zero-order valence-corrected chi connectivity index (χ0v) is 9.08. The van der Waals surface area contributed by atoms with E-state index in [4.69, 9.17) is 9.84 Å². The van der Waals surface area contributed by atoms with Gasteiger partial charge in [0.2, 0.25) is 0 Å². The molecule has 0 aliphatic heterocycles. The molecule has 0 fully saturated rings. The van der Waals surface area contributed by atoms with Crippen molar-refractivity contribution >= 4 is 11.9 Å². The van der Waals surface area contributed by atoms with Gasteiger partial charge in [0.1, 0.15) is 6.04 Å². The van der Waals surface area contributed by atoms with Gasteiger partial charge in [0.05, 0.1) is 24.9 Å². The number of ether oxygens (including phenoxy) is 1. The van der Waals surface area contributed by atoms with Gasteiger partial charge in [-0.3, -0.25) is 4.79 Å². The Labute approximate surface area is 92.0 Å². The second-order valence-electron chi connectivity index (χ2n) is 3.17. The first-order valence-electron chi connectivity index (χ1n) is 4.83. The molecule has 1 atom stereocenters. The summed E-state index contributed by atoms with van der Waals surface area (Å²) >= 11 is 0.